The summed E-state index contributed by atoms with van der Waals surface area (Å²) in [5, 5.41) is 8.80. The molecule has 6 heterocycles. The Labute approximate surface area is 253 Å². The molecule has 190 valence electrons. The molecule has 3 aliphatic rings. The van der Waals surface area contributed by atoms with Crippen molar-refractivity contribution in [1.82, 2.24) is 0 Å². The molecule has 5 aromatic rings. The van der Waals surface area contributed by atoms with Gasteiger partial charge >= 0.3 is 0 Å². The van der Waals surface area contributed by atoms with Gasteiger partial charge in [-0.15, -0.1) is 45.3 Å². The van der Waals surface area contributed by atoms with Crippen molar-refractivity contribution in [1.29, 1.82) is 0 Å². The van der Waals surface area contributed by atoms with Crippen molar-refractivity contribution in [3.63, 3.8) is 0 Å². The quantitative estimate of drug-likeness (QED) is 0.178. The Morgan fingerprint density at radius 2 is 1.38 bits per heavy atom. The summed E-state index contributed by atoms with van der Waals surface area (Å²) in [7, 11) is 0. The van der Waals surface area contributed by atoms with Gasteiger partial charge in [0, 0.05) is 47.2 Å². The van der Waals surface area contributed by atoms with E-state index >= 15 is 0 Å². The molecule has 39 heavy (non-hydrogen) atoms. The summed E-state index contributed by atoms with van der Waals surface area (Å²) in [4.78, 5) is 11.3. The summed E-state index contributed by atoms with van der Waals surface area (Å²) >= 11 is 11.4. The van der Waals surface area contributed by atoms with Crippen molar-refractivity contribution in [2.75, 3.05) is 0 Å². The lowest BCUT2D eigenvalue weighted by Gasteiger charge is -2.19. The van der Waals surface area contributed by atoms with E-state index in [9.17, 15) is 0 Å². The number of rotatable bonds is 5. The van der Waals surface area contributed by atoms with Gasteiger partial charge in [0.2, 0.25) is 21.1 Å². The molecule has 0 fully saturated rings. The van der Waals surface area contributed by atoms with Crippen molar-refractivity contribution >= 4 is 84.5 Å². The molecule has 0 bridgehead atoms. The van der Waals surface area contributed by atoms with Crippen LogP contribution in [0.25, 0.3) is 36.2 Å². The molecule has 2 aliphatic carbocycles. The summed E-state index contributed by atoms with van der Waals surface area (Å²) in [6.45, 7) is 0. The van der Waals surface area contributed by atoms with E-state index in [1.165, 1.54) is 61.4 Å². The number of hydrogen-bond donors (Lipinski definition) is 0. The minimum Gasteiger partial charge on any atom is -0.144 e. The van der Waals surface area contributed by atoms with Crippen LogP contribution in [0.1, 0.15) is 39.5 Å². The van der Waals surface area contributed by atoms with Crippen LogP contribution in [0.2, 0.25) is 0 Å². The van der Waals surface area contributed by atoms with E-state index in [4.69, 9.17) is 0 Å². The highest BCUT2D eigenvalue weighted by molar-refractivity contribution is 8.12. The van der Waals surface area contributed by atoms with Gasteiger partial charge in [0.1, 0.15) is 0 Å². The normalized spacial score (nSPS) is 17.7. The van der Waals surface area contributed by atoms with Crippen molar-refractivity contribution < 1.29 is 0 Å². The average Bonchev–Trinajstić information content (AvgIpc) is 3.80. The molecule has 6 heteroatoms. The van der Waals surface area contributed by atoms with E-state index in [0.717, 1.165) is 25.7 Å². The Morgan fingerprint density at radius 3 is 2.10 bits per heavy atom. The molecule has 0 aromatic carbocycles. The highest BCUT2D eigenvalue weighted by Gasteiger charge is 2.34. The van der Waals surface area contributed by atoms with Crippen LogP contribution in [0.4, 0.5) is 0 Å². The van der Waals surface area contributed by atoms with E-state index in [0.29, 0.717) is 0 Å². The highest BCUT2D eigenvalue weighted by atomic mass is 32.2. The molecule has 0 atom stereocenters. The van der Waals surface area contributed by atoms with Gasteiger partial charge in [0.05, 0.1) is 4.88 Å². The van der Waals surface area contributed by atoms with Crippen LogP contribution in [0.15, 0.2) is 104 Å². The van der Waals surface area contributed by atoms with E-state index in [-0.39, 0.29) is 0 Å². The molecular weight excluding hydrogens is 589 g/mol. The monoisotopic (exact) mass is 611 g/mol. The predicted octanol–water partition coefficient (Wildman–Crippen LogP) is 12.2. The molecule has 0 radical (unpaired) electrons. The zero-order valence-corrected chi connectivity index (χ0v) is 25.8. The summed E-state index contributed by atoms with van der Waals surface area (Å²) in [5.74, 6) is 0. The number of thiophene rings is 4. The smallest absolute Gasteiger partial charge is 0.144 e. The summed E-state index contributed by atoms with van der Waals surface area (Å²) in [5.41, 5.74) is 9.02. The van der Waals surface area contributed by atoms with Crippen molar-refractivity contribution in [3.05, 3.63) is 125 Å². The van der Waals surface area contributed by atoms with Gasteiger partial charge in [-0.3, -0.25) is 0 Å². The fourth-order valence-electron chi connectivity index (χ4n) is 5.71. The van der Waals surface area contributed by atoms with Gasteiger partial charge < -0.3 is 0 Å². The van der Waals surface area contributed by atoms with Crippen LogP contribution in [0.5, 0.6) is 0 Å². The topological polar surface area (TPSA) is 0 Å². The maximum atomic E-state index is 2.58. The fraction of sp³-hybridized carbons (Fsp3) is 0.121. The molecule has 0 nitrogen and oxygen atoms in total. The van der Waals surface area contributed by atoms with E-state index < -0.39 is 0 Å². The zero-order valence-electron chi connectivity index (χ0n) is 20.9. The maximum absolute atomic E-state index is 2.58. The fourth-order valence-corrected chi connectivity index (χ4v) is 11.4. The first-order valence-corrected chi connectivity index (χ1v) is 18.2. The van der Waals surface area contributed by atoms with Crippen LogP contribution >= 0.6 is 68.4 Å². The standard InChI is InChI=1S/C33H23S6/c1-5-26(34-13-1)24-18-30(28-7-3-15-36-28)38-32-20(9-11-22(24)32)17-21-10-12-23-25(27-6-2-14-35-27)19-31(39-33(21)23)29-8-4-16-37-29/h1-8,13-19H,9-12H2/q+1. The third kappa shape index (κ3) is 4.42. The minimum atomic E-state index is 1.13. The molecule has 0 saturated carbocycles. The Morgan fingerprint density at radius 1 is 0.692 bits per heavy atom. The molecular formula is C33H23S6+. The van der Waals surface area contributed by atoms with E-state index in [1.54, 1.807) is 11.1 Å². The molecule has 1 aliphatic heterocycles. The van der Waals surface area contributed by atoms with Gasteiger partial charge in [0.25, 0.3) is 0 Å². The van der Waals surface area contributed by atoms with Crippen LogP contribution in [0.3, 0.4) is 0 Å². The Kier molecular flexibility index (Phi) is 6.44. The number of hydrogen-bond acceptors (Lipinski definition) is 5. The second kappa shape index (κ2) is 10.3. The molecule has 0 unspecified atom stereocenters. The Hall–Kier alpha value is -2.32. The maximum Gasteiger partial charge on any atom is 0.249 e. The molecule has 0 spiro atoms. The van der Waals surface area contributed by atoms with Crippen molar-refractivity contribution in [2.24, 2.45) is 0 Å². The second-order valence-electron chi connectivity index (χ2n) is 9.77. The predicted molar refractivity (Wildman–Crippen MR) is 179 cm³/mol. The number of allylic oxidation sites excluding steroid dienone is 6. The van der Waals surface area contributed by atoms with Gasteiger partial charge in [-0.1, -0.05) is 36.0 Å². The first kappa shape index (κ1) is 24.5. The second-order valence-corrected chi connectivity index (χ2v) is 15.7. The van der Waals surface area contributed by atoms with Crippen LogP contribution in [-0.2, 0) is 6.42 Å². The minimum absolute atomic E-state index is 1.13. The lowest BCUT2D eigenvalue weighted by atomic mass is 10.0. The van der Waals surface area contributed by atoms with E-state index in [2.05, 4.69) is 88.3 Å². The summed E-state index contributed by atoms with van der Waals surface area (Å²) in [6, 6.07) is 20.3. The van der Waals surface area contributed by atoms with Gasteiger partial charge in [-0.2, -0.15) is 0 Å². The lowest BCUT2D eigenvalue weighted by molar-refractivity contribution is 1.03. The third-order valence-corrected chi connectivity index (χ3v) is 13.9. The van der Waals surface area contributed by atoms with Gasteiger partial charge in [-0.05, 0) is 100 Å². The van der Waals surface area contributed by atoms with Gasteiger partial charge in [-0.25, -0.2) is 0 Å². The van der Waals surface area contributed by atoms with Crippen molar-refractivity contribution in [3.8, 4) is 20.2 Å². The van der Waals surface area contributed by atoms with Crippen LogP contribution in [-0.4, -0.2) is 0 Å². The first-order valence-electron chi connectivity index (χ1n) is 13.0. The number of thioether (sulfide) groups is 1. The Balaban J connectivity index is 1.27. The molecule has 5 aromatic heterocycles. The molecule has 0 N–H and O–H groups in total. The largest absolute Gasteiger partial charge is 0.249 e. The SMILES string of the molecule is C1=C(c2cccs2)SC2=C(/C=C3\CCc4c(-c5cccs5)cc(-c5cccs5)[s+]c43)CCC2=C1c1cccs1. The average molecular weight is 612 g/mol. The first-order chi connectivity index (χ1) is 19.3. The highest BCUT2D eigenvalue weighted by Crippen LogP contribution is 2.55. The Bertz CT molecular complexity index is 1790. The summed E-state index contributed by atoms with van der Waals surface area (Å²) in [6.07, 6.45) is 9.56. The van der Waals surface area contributed by atoms with Crippen molar-refractivity contribution in [2.45, 2.75) is 25.7 Å². The summed E-state index contributed by atoms with van der Waals surface area (Å²) < 4.78 is 0. The third-order valence-electron chi connectivity index (χ3n) is 7.50. The van der Waals surface area contributed by atoms with Crippen LogP contribution in [0, 0.1) is 0 Å². The molecule has 0 saturated heterocycles. The molecule has 8 rings (SSSR count). The van der Waals surface area contributed by atoms with Gasteiger partial charge in [0.15, 0.2) is 0 Å². The zero-order chi connectivity index (χ0) is 25.8. The number of fused-ring (bicyclic) bond motifs is 2. The van der Waals surface area contributed by atoms with E-state index in [1.807, 2.05) is 68.4 Å². The molecule has 0 amide bonds. The lowest BCUT2D eigenvalue weighted by Crippen LogP contribution is -1.94. The van der Waals surface area contributed by atoms with Crippen LogP contribution < -0.4 is 0 Å².